The molecule has 1 aliphatic rings. The zero-order valence-corrected chi connectivity index (χ0v) is 16.0. The number of non-ortho nitro benzene ring substituents is 1. The number of esters is 1. The van der Waals surface area contributed by atoms with Gasteiger partial charge in [-0.25, -0.2) is 0 Å². The quantitative estimate of drug-likeness (QED) is 0.252. The van der Waals surface area contributed by atoms with Crippen LogP contribution < -0.4 is 9.47 Å². The van der Waals surface area contributed by atoms with Crippen molar-refractivity contribution >= 4 is 11.7 Å². The molecule has 0 amide bonds. The molecule has 8 nitrogen and oxygen atoms in total. The van der Waals surface area contributed by atoms with Gasteiger partial charge in [0.2, 0.25) is 0 Å². The van der Waals surface area contributed by atoms with Crippen molar-refractivity contribution in [3.8, 4) is 11.5 Å². The summed E-state index contributed by atoms with van der Waals surface area (Å²) < 4.78 is 16.2. The van der Waals surface area contributed by atoms with Crippen LogP contribution >= 0.6 is 0 Å². The predicted molar refractivity (Wildman–Crippen MR) is 100 cm³/mol. The van der Waals surface area contributed by atoms with E-state index in [1.54, 1.807) is 6.07 Å². The third-order valence-corrected chi connectivity index (χ3v) is 4.48. The molecule has 8 heteroatoms. The van der Waals surface area contributed by atoms with Crippen LogP contribution in [0.15, 0.2) is 18.2 Å². The van der Waals surface area contributed by atoms with Crippen LogP contribution in [0.2, 0.25) is 0 Å². The first-order valence-electron chi connectivity index (χ1n) is 9.32. The summed E-state index contributed by atoms with van der Waals surface area (Å²) in [5.41, 5.74) is -0.0602. The van der Waals surface area contributed by atoms with Crippen molar-refractivity contribution < 1.29 is 23.9 Å². The van der Waals surface area contributed by atoms with Gasteiger partial charge in [-0.15, -0.1) is 0 Å². The largest absolute Gasteiger partial charge is 0.490 e. The highest BCUT2D eigenvalue weighted by Gasteiger charge is 2.16. The van der Waals surface area contributed by atoms with Crippen LogP contribution in [0.5, 0.6) is 11.5 Å². The number of ether oxygens (including phenoxy) is 3. The van der Waals surface area contributed by atoms with Gasteiger partial charge in [0, 0.05) is 18.5 Å². The van der Waals surface area contributed by atoms with E-state index in [0.29, 0.717) is 18.1 Å². The first kappa shape index (κ1) is 21.0. The smallest absolute Gasteiger partial charge is 0.305 e. The van der Waals surface area contributed by atoms with Gasteiger partial charge in [-0.2, -0.15) is 0 Å². The molecule has 1 fully saturated rings. The Kier molecular flexibility index (Phi) is 8.32. The maximum atomic E-state index is 11.3. The number of benzene rings is 1. The van der Waals surface area contributed by atoms with Gasteiger partial charge in [-0.3, -0.25) is 14.9 Å². The minimum atomic E-state index is -0.470. The van der Waals surface area contributed by atoms with E-state index in [0.717, 1.165) is 26.1 Å². The molecule has 1 saturated heterocycles. The molecule has 0 aromatic heterocycles. The Labute approximate surface area is 159 Å². The fraction of sp³-hybridized carbons (Fsp3) is 0.632. The van der Waals surface area contributed by atoms with E-state index in [1.807, 2.05) is 6.92 Å². The lowest BCUT2D eigenvalue weighted by molar-refractivity contribution is -0.385. The van der Waals surface area contributed by atoms with Gasteiger partial charge in [0.1, 0.15) is 0 Å². The molecule has 1 unspecified atom stereocenters. The summed E-state index contributed by atoms with van der Waals surface area (Å²) in [4.78, 5) is 24.3. The Morgan fingerprint density at radius 2 is 2.00 bits per heavy atom. The number of carbonyl (C=O) groups is 1. The fourth-order valence-corrected chi connectivity index (χ4v) is 2.98. The Bertz CT molecular complexity index is 631. The van der Waals surface area contributed by atoms with Crippen LogP contribution in [0.25, 0.3) is 0 Å². The third-order valence-electron chi connectivity index (χ3n) is 4.48. The van der Waals surface area contributed by atoms with Gasteiger partial charge in [0.25, 0.3) is 5.69 Å². The van der Waals surface area contributed by atoms with E-state index in [9.17, 15) is 14.9 Å². The molecule has 0 saturated carbocycles. The van der Waals surface area contributed by atoms with Crippen molar-refractivity contribution in [2.24, 2.45) is 5.92 Å². The molecule has 27 heavy (non-hydrogen) atoms. The normalized spacial score (nSPS) is 15.3. The fourth-order valence-electron chi connectivity index (χ4n) is 2.98. The van der Waals surface area contributed by atoms with Gasteiger partial charge in [-0.05, 0) is 38.4 Å². The summed E-state index contributed by atoms with van der Waals surface area (Å²) in [7, 11) is 1.34. The van der Waals surface area contributed by atoms with E-state index in [4.69, 9.17) is 9.47 Å². The number of hydrogen-bond donors (Lipinski definition) is 0. The van der Waals surface area contributed by atoms with E-state index in [-0.39, 0.29) is 30.6 Å². The van der Waals surface area contributed by atoms with Crippen molar-refractivity contribution in [2.75, 3.05) is 40.0 Å². The monoisotopic (exact) mass is 380 g/mol. The van der Waals surface area contributed by atoms with E-state index in [2.05, 4.69) is 9.64 Å². The maximum absolute atomic E-state index is 11.3. The summed E-state index contributed by atoms with van der Waals surface area (Å²) in [5.74, 6) is 0.401. The van der Waals surface area contributed by atoms with Crippen LogP contribution in [-0.4, -0.2) is 55.8 Å². The van der Waals surface area contributed by atoms with Crippen molar-refractivity contribution in [2.45, 2.75) is 32.6 Å². The Morgan fingerprint density at radius 3 is 2.67 bits per heavy atom. The number of methoxy groups -OCH3 is 1. The zero-order chi connectivity index (χ0) is 19.6. The van der Waals surface area contributed by atoms with Crippen molar-refractivity contribution in [1.82, 2.24) is 4.90 Å². The number of nitro benzene ring substituents is 1. The lowest BCUT2D eigenvalue weighted by Crippen LogP contribution is -2.22. The molecular weight excluding hydrogens is 352 g/mol. The Balaban J connectivity index is 1.91. The molecule has 150 valence electrons. The molecular formula is C19H28N2O6. The maximum Gasteiger partial charge on any atom is 0.305 e. The minimum absolute atomic E-state index is 0.0602. The molecule has 1 aromatic rings. The molecule has 0 bridgehead atoms. The average molecular weight is 380 g/mol. The number of nitrogens with zero attached hydrogens (tertiary/aromatic N) is 2. The molecule has 1 aliphatic heterocycles. The van der Waals surface area contributed by atoms with Crippen molar-refractivity contribution in [1.29, 1.82) is 0 Å². The second kappa shape index (κ2) is 10.7. The molecule has 0 spiro atoms. The number of likely N-dealkylation sites (tertiary alicyclic amines) is 1. The topological polar surface area (TPSA) is 91.1 Å². The standard InChI is InChI=1S/C19H28N2O6/c1-15(12-19(22)25-2)14-27-18-13-16(21(23)24)6-7-17(18)26-11-5-10-20-8-3-4-9-20/h6-7,13,15H,3-5,8-12,14H2,1-2H3. The summed E-state index contributed by atoms with van der Waals surface area (Å²) in [5, 5.41) is 11.0. The third kappa shape index (κ3) is 7.05. The number of rotatable bonds is 11. The van der Waals surface area contributed by atoms with Gasteiger partial charge in [0.15, 0.2) is 11.5 Å². The van der Waals surface area contributed by atoms with Crippen molar-refractivity contribution in [3.63, 3.8) is 0 Å². The van der Waals surface area contributed by atoms with Crippen LogP contribution in [-0.2, 0) is 9.53 Å². The van der Waals surface area contributed by atoms with Gasteiger partial charge >= 0.3 is 5.97 Å². The van der Waals surface area contributed by atoms with Crippen LogP contribution in [0.3, 0.4) is 0 Å². The number of nitro groups is 1. The molecule has 0 radical (unpaired) electrons. The zero-order valence-electron chi connectivity index (χ0n) is 16.0. The summed E-state index contributed by atoms with van der Waals surface area (Å²) in [6, 6.07) is 4.33. The second-order valence-corrected chi connectivity index (χ2v) is 6.84. The summed E-state index contributed by atoms with van der Waals surface area (Å²) in [6.45, 7) is 5.88. The molecule has 2 rings (SSSR count). The van der Waals surface area contributed by atoms with E-state index < -0.39 is 4.92 Å². The SMILES string of the molecule is COC(=O)CC(C)COc1cc([N+](=O)[O-])ccc1OCCCN1CCCC1. The van der Waals surface area contributed by atoms with Gasteiger partial charge in [-0.1, -0.05) is 6.92 Å². The van der Waals surface area contributed by atoms with Gasteiger partial charge < -0.3 is 19.1 Å². The van der Waals surface area contributed by atoms with Crippen LogP contribution in [0, 0.1) is 16.0 Å². The van der Waals surface area contributed by atoms with Crippen LogP contribution in [0.4, 0.5) is 5.69 Å². The Hall–Kier alpha value is -2.35. The summed E-state index contributed by atoms with van der Waals surface area (Å²) in [6.07, 6.45) is 3.61. The summed E-state index contributed by atoms with van der Waals surface area (Å²) >= 11 is 0. The number of hydrogen-bond acceptors (Lipinski definition) is 7. The van der Waals surface area contributed by atoms with Crippen LogP contribution in [0.1, 0.15) is 32.6 Å². The van der Waals surface area contributed by atoms with Gasteiger partial charge in [0.05, 0.1) is 37.7 Å². The highest BCUT2D eigenvalue weighted by Crippen LogP contribution is 2.32. The highest BCUT2D eigenvalue weighted by atomic mass is 16.6. The first-order valence-corrected chi connectivity index (χ1v) is 9.32. The lowest BCUT2D eigenvalue weighted by Gasteiger charge is -2.17. The lowest BCUT2D eigenvalue weighted by atomic mass is 10.1. The van der Waals surface area contributed by atoms with E-state index in [1.165, 1.54) is 32.1 Å². The molecule has 1 atom stereocenters. The number of carbonyl (C=O) groups excluding carboxylic acids is 1. The molecule has 1 heterocycles. The minimum Gasteiger partial charge on any atom is -0.490 e. The average Bonchev–Trinajstić information content (AvgIpc) is 3.17. The second-order valence-electron chi connectivity index (χ2n) is 6.84. The highest BCUT2D eigenvalue weighted by molar-refractivity contribution is 5.69. The first-order chi connectivity index (χ1) is 13.0. The molecule has 0 aliphatic carbocycles. The van der Waals surface area contributed by atoms with E-state index >= 15 is 0 Å². The van der Waals surface area contributed by atoms with Crippen molar-refractivity contribution in [3.05, 3.63) is 28.3 Å². The predicted octanol–water partition coefficient (Wildman–Crippen LogP) is 3.04. The molecule has 0 N–H and O–H groups in total. The molecule has 1 aromatic carbocycles. The Morgan fingerprint density at radius 1 is 1.26 bits per heavy atom.